The van der Waals surface area contributed by atoms with Crippen LogP contribution >= 0.6 is 23.1 Å². The molecule has 0 saturated carbocycles. The molecule has 0 aliphatic rings. The van der Waals surface area contributed by atoms with Crippen molar-refractivity contribution in [3.05, 3.63) is 0 Å². The summed E-state index contributed by atoms with van der Waals surface area (Å²) in [6.45, 7) is 0. The Labute approximate surface area is 86.4 Å². The first kappa shape index (κ1) is 12.5. The van der Waals surface area contributed by atoms with Gasteiger partial charge in [-0.05, 0) is 12.2 Å². The highest BCUT2D eigenvalue weighted by molar-refractivity contribution is 8.26. The molecule has 0 spiro atoms. The lowest BCUT2D eigenvalue weighted by Crippen LogP contribution is -2.50. The van der Waals surface area contributed by atoms with Crippen LogP contribution in [0.1, 0.15) is 0 Å². The van der Waals surface area contributed by atoms with Gasteiger partial charge in [0.05, 0.1) is 0 Å². The highest BCUT2D eigenvalue weighted by Gasteiger charge is 2.24. The summed E-state index contributed by atoms with van der Waals surface area (Å²) in [7, 11) is -3.05. The molecule has 0 radical (unpaired) electrons. The number of hydrogen-bond donors (Lipinski definition) is 6. The average Bonchev–Trinajstić information content (AvgIpc) is 1.76. The molecular weight excluding hydrogens is 232 g/mol. The molecule has 14 heavy (non-hydrogen) atoms. The van der Waals surface area contributed by atoms with Crippen molar-refractivity contribution in [2.45, 2.75) is 0 Å². The van der Waals surface area contributed by atoms with E-state index in [2.05, 4.69) is 21.1 Å². The lowest BCUT2D eigenvalue weighted by Gasteiger charge is -2.32. The summed E-state index contributed by atoms with van der Waals surface area (Å²) < 4.78 is 8.44. The maximum absolute atomic E-state index is 10.5. The van der Waals surface area contributed by atoms with Crippen LogP contribution in [0.4, 0.5) is 9.59 Å². The predicted octanol–water partition coefficient (Wildman–Crippen LogP) is -1.99. The molecule has 0 aromatic carbocycles. The second-order valence-corrected chi connectivity index (χ2v) is 4.15. The normalized spacial score (nSPS) is 15.8. The Morgan fingerprint density at radius 2 is 1.71 bits per heavy atom. The highest BCUT2D eigenvalue weighted by Crippen LogP contribution is 2.30. The fraction of sp³-hybridized carbons (Fsp3) is 0. The molecule has 9 nitrogen and oxygen atoms in total. The van der Waals surface area contributed by atoms with Crippen LogP contribution in [0.2, 0.25) is 0 Å². The maximum atomic E-state index is 10.5. The third kappa shape index (κ3) is 5.23. The summed E-state index contributed by atoms with van der Waals surface area (Å²) >= 11 is 4.43. The quantitative estimate of drug-likeness (QED) is 0.311. The third-order valence-electron chi connectivity index (χ3n) is 0.718. The Kier molecular flexibility index (Phi) is 4.20. The van der Waals surface area contributed by atoms with Crippen LogP contribution in [0.25, 0.3) is 0 Å². The van der Waals surface area contributed by atoms with Crippen LogP contribution in [0.5, 0.6) is 0 Å². The Balaban J connectivity index is 4.56. The molecule has 0 rings (SSSR count). The number of rotatable bonds is 3. The number of nitrogens with one attached hydrogen (secondary N) is 2. The van der Waals surface area contributed by atoms with Gasteiger partial charge in [0.2, 0.25) is 0 Å². The number of thiocarbonyl (C=S) groups is 1. The van der Waals surface area contributed by atoms with E-state index in [0.29, 0.717) is 0 Å². The molecule has 0 aromatic rings. The summed E-state index contributed by atoms with van der Waals surface area (Å²) in [5.74, 6) is 0. The molecule has 0 bridgehead atoms. The minimum Gasteiger partial charge on any atom is -0.376 e. The van der Waals surface area contributed by atoms with E-state index >= 15 is 0 Å². The zero-order chi connectivity index (χ0) is 11.4. The number of primary amides is 2. The number of carbonyl (C=O) groups is 2. The third-order valence-corrected chi connectivity index (χ3v) is 2.40. The van der Waals surface area contributed by atoms with Crippen molar-refractivity contribution in [3.8, 4) is 0 Å². The number of carbonyl (C=O) groups excluding carboxylic acids is 2. The standard InChI is InChI=1S/C3H10N6O3S2/c4-1(10)8-14(7,9-2(5)13)12-3(6)11/h7H2,(H2,6,11)(H3,4,8,10)(H3,5,9,13). The van der Waals surface area contributed by atoms with Gasteiger partial charge < -0.3 is 21.4 Å². The molecule has 3 amide bonds. The summed E-state index contributed by atoms with van der Waals surface area (Å²) in [6, 6.07) is -1.02. The fourth-order valence-corrected chi connectivity index (χ4v) is 1.86. The van der Waals surface area contributed by atoms with E-state index in [4.69, 9.17) is 22.3 Å². The Hall–Kier alpha value is -1.46. The van der Waals surface area contributed by atoms with Crippen molar-refractivity contribution in [1.29, 1.82) is 0 Å². The lowest BCUT2D eigenvalue weighted by atomic mass is 11.2. The van der Waals surface area contributed by atoms with Crippen LogP contribution in [-0.4, -0.2) is 17.2 Å². The van der Waals surface area contributed by atoms with E-state index in [1.54, 1.807) is 0 Å². The van der Waals surface area contributed by atoms with E-state index in [0.717, 1.165) is 0 Å². The highest BCUT2D eigenvalue weighted by atomic mass is 32.3. The molecule has 82 valence electrons. The summed E-state index contributed by atoms with van der Waals surface area (Å²) in [5.41, 5.74) is 14.5. The molecule has 0 aromatic heterocycles. The molecule has 0 aliphatic carbocycles. The van der Waals surface area contributed by atoms with Gasteiger partial charge in [-0.15, -0.1) is 0 Å². The smallest absolute Gasteiger partial charge is 0.376 e. The fourth-order valence-electron chi connectivity index (χ4n) is 0.496. The summed E-state index contributed by atoms with van der Waals surface area (Å²) in [6.07, 6.45) is -1.21. The number of amides is 3. The van der Waals surface area contributed by atoms with E-state index in [1.807, 2.05) is 4.72 Å². The van der Waals surface area contributed by atoms with E-state index < -0.39 is 23.0 Å². The van der Waals surface area contributed by atoms with Crippen LogP contribution in [-0.2, 0) is 4.18 Å². The monoisotopic (exact) mass is 242 g/mol. The number of urea groups is 1. The average molecular weight is 242 g/mol. The molecule has 0 fully saturated rings. The van der Waals surface area contributed by atoms with Gasteiger partial charge in [0, 0.05) is 0 Å². The van der Waals surface area contributed by atoms with Crippen molar-refractivity contribution in [3.63, 3.8) is 0 Å². The van der Waals surface area contributed by atoms with Gasteiger partial charge in [0.1, 0.15) is 10.9 Å². The minimum absolute atomic E-state index is 0.280. The molecule has 0 saturated heterocycles. The van der Waals surface area contributed by atoms with E-state index in [1.165, 1.54) is 0 Å². The first-order chi connectivity index (χ1) is 6.25. The lowest BCUT2D eigenvalue weighted by molar-refractivity contribution is 0.215. The molecule has 1 unspecified atom stereocenters. The van der Waals surface area contributed by atoms with Crippen molar-refractivity contribution in [2.24, 2.45) is 22.3 Å². The van der Waals surface area contributed by atoms with Gasteiger partial charge in [-0.1, -0.05) is 0 Å². The molecule has 0 aliphatic heterocycles. The maximum Gasteiger partial charge on any atom is 0.418 e. The predicted molar refractivity (Wildman–Crippen MR) is 55.1 cm³/mol. The van der Waals surface area contributed by atoms with Crippen molar-refractivity contribution < 1.29 is 13.8 Å². The van der Waals surface area contributed by atoms with Gasteiger partial charge in [-0.25, -0.2) is 19.5 Å². The Morgan fingerprint density at radius 3 is 2.00 bits per heavy atom. The van der Waals surface area contributed by atoms with Crippen molar-refractivity contribution >= 4 is 40.3 Å². The van der Waals surface area contributed by atoms with Crippen LogP contribution in [0, 0.1) is 0 Å². The topological polar surface area (TPSA) is 172 Å². The first-order valence-electron chi connectivity index (χ1n) is 2.99. The number of hydrogen-bond acceptors (Lipinski definition) is 5. The Morgan fingerprint density at radius 1 is 1.21 bits per heavy atom. The SMILES string of the molecule is NC(=O)NS(N)(NC(N)=S)OC(N)=O. The largest absolute Gasteiger partial charge is 0.418 e. The van der Waals surface area contributed by atoms with Gasteiger partial charge in [-0.2, -0.15) is 0 Å². The minimum atomic E-state index is -3.05. The second-order valence-electron chi connectivity index (χ2n) is 1.94. The van der Waals surface area contributed by atoms with Crippen molar-refractivity contribution in [2.75, 3.05) is 0 Å². The molecule has 10 N–H and O–H groups in total. The van der Waals surface area contributed by atoms with Crippen molar-refractivity contribution in [1.82, 2.24) is 9.44 Å². The molecule has 1 atom stereocenters. The van der Waals surface area contributed by atoms with Gasteiger partial charge in [-0.3, -0.25) is 4.72 Å². The van der Waals surface area contributed by atoms with Crippen LogP contribution in [0.3, 0.4) is 0 Å². The Bertz CT molecular complexity index is 228. The zero-order valence-electron chi connectivity index (χ0n) is 6.85. The molecule has 11 heteroatoms. The first-order valence-corrected chi connectivity index (χ1v) is 5.02. The summed E-state index contributed by atoms with van der Waals surface area (Å²) in [4.78, 5) is 20.9. The van der Waals surface area contributed by atoms with Gasteiger partial charge >= 0.3 is 12.1 Å². The van der Waals surface area contributed by atoms with Crippen LogP contribution < -0.4 is 31.8 Å². The van der Waals surface area contributed by atoms with E-state index in [9.17, 15) is 9.59 Å². The molecule has 0 heterocycles. The van der Waals surface area contributed by atoms with E-state index in [-0.39, 0.29) is 5.11 Å². The van der Waals surface area contributed by atoms with Gasteiger partial charge in [0.15, 0.2) is 5.11 Å². The molecular formula is C3H10N6O3S2. The second kappa shape index (κ2) is 4.69. The number of nitrogens with two attached hydrogens (primary N) is 4. The van der Waals surface area contributed by atoms with Crippen LogP contribution in [0.15, 0.2) is 0 Å². The summed E-state index contributed by atoms with van der Waals surface area (Å²) in [5, 5.41) is 5.09. The zero-order valence-corrected chi connectivity index (χ0v) is 8.48. The van der Waals surface area contributed by atoms with Gasteiger partial charge in [0.25, 0.3) is 0 Å².